The maximum atomic E-state index is 13.6. The molecule has 2 atom stereocenters. The largest absolute Gasteiger partial charge is 0.339 e. The molecule has 0 bridgehead atoms. The number of hydrogen-bond acceptors (Lipinski definition) is 4. The Morgan fingerprint density at radius 1 is 1.33 bits per heavy atom. The summed E-state index contributed by atoms with van der Waals surface area (Å²) in [6.07, 6.45) is 0. The second kappa shape index (κ2) is 4.49. The first-order valence-corrected chi connectivity index (χ1v) is 6.05. The van der Waals surface area contributed by atoms with Gasteiger partial charge in [-0.1, -0.05) is 24.2 Å². The van der Waals surface area contributed by atoms with E-state index in [0.717, 1.165) is 13.1 Å². The molecule has 0 radical (unpaired) electrons. The molecule has 2 unspecified atom stereocenters. The third-order valence-electron chi connectivity index (χ3n) is 3.39. The average molecular weight is 247 g/mol. The lowest BCUT2D eigenvalue weighted by Gasteiger charge is -2.07. The Balaban J connectivity index is 1.92. The molecular weight excluding hydrogens is 233 g/mol. The van der Waals surface area contributed by atoms with Gasteiger partial charge in [-0.3, -0.25) is 0 Å². The van der Waals surface area contributed by atoms with Gasteiger partial charge >= 0.3 is 0 Å². The lowest BCUT2D eigenvalue weighted by molar-refractivity contribution is 0.340. The minimum absolute atomic E-state index is 0.220. The average Bonchev–Trinajstić information content (AvgIpc) is 2.98. The van der Waals surface area contributed by atoms with Crippen LogP contribution in [0.1, 0.15) is 18.7 Å². The molecule has 1 aliphatic heterocycles. The Kier molecular flexibility index (Phi) is 2.83. The molecule has 1 saturated heterocycles. The molecule has 1 aromatic heterocycles. The Hall–Kier alpha value is -1.75. The first kappa shape index (κ1) is 11.3. The van der Waals surface area contributed by atoms with Gasteiger partial charge in [-0.05, 0) is 24.6 Å². The molecule has 4 nitrogen and oxygen atoms in total. The Bertz CT molecular complexity index is 555. The normalized spacial score (nSPS) is 23.4. The van der Waals surface area contributed by atoms with E-state index in [4.69, 9.17) is 4.52 Å². The lowest BCUT2D eigenvalue weighted by atomic mass is 9.98. The highest BCUT2D eigenvalue weighted by atomic mass is 19.1. The predicted octanol–water partition coefficient (Wildman–Crippen LogP) is 2.20. The van der Waals surface area contributed by atoms with Crippen LogP contribution in [0.5, 0.6) is 0 Å². The topological polar surface area (TPSA) is 51.0 Å². The maximum Gasteiger partial charge on any atom is 0.231 e. The summed E-state index contributed by atoms with van der Waals surface area (Å²) in [7, 11) is 0. The van der Waals surface area contributed by atoms with Crippen molar-refractivity contribution < 1.29 is 8.91 Å². The van der Waals surface area contributed by atoms with E-state index >= 15 is 0 Å². The zero-order valence-corrected chi connectivity index (χ0v) is 10.1. The predicted molar refractivity (Wildman–Crippen MR) is 64.5 cm³/mol. The van der Waals surface area contributed by atoms with Crippen molar-refractivity contribution in [2.24, 2.45) is 5.92 Å². The quantitative estimate of drug-likeness (QED) is 0.883. The molecule has 2 aromatic rings. The minimum atomic E-state index is -0.331. The number of rotatable bonds is 2. The van der Waals surface area contributed by atoms with E-state index in [-0.39, 0.29) is 11.7 Å². The van der Waals surface area contributed by atoms with Crippen molar-refractivity contribution >= 4 is 0 Å². The first-order valence-electron chi connectivity index (χ1n) is 6.05. The van der Waals surface area contributed by atoms with Crippen LogP contribution in [0.2, 0.25) is 0 Å². The van der Waals surface area contributed by atoms with Crippen LogP contribution in [0.15, 0.2) is 28.8 Å². The molecule has 18 heavy (non-hydrogen) atoms. The molecule has 1 N–H and O–H groups in total. The summed E-state index contributed by atoms with van der Waals surface area (Å²) >= 11 is 0. The van der Waals surface area contributed by atoms with Crippen LogP contribution in [0.3, 0.4) is 0 Å². The number of aromatic nitrogens is 2. The third kappa shape index (κ3) is 1.90. The maximum absolute atomic E-state index is 13.6. The molecule has 1 aliphatic rings. The molecule has 1 aromatic carbocycles. The fourth-order valence-corrected chi connectivity index (χ4v) is 2.28. The molecule has 0 saturated carbocycles. The van der Waals surface area contributed by atoms with Gasteiger partial charge in [0.1, 0.15) is 5.82 Å². The summed E-state index contributed by atoms with van der Waals surface area (Å²) in [5.74, 6) is 1.26. The van der Waals surface area contributed by atoms with E-state index in [1.54, 1.807) is 18.2 Å². The smallest absolute Gasteiger partial charge is 0.231 e. The van der Waals surface area contributed by atoms with Crippen LogP contribution in [0.25, 0.3) is 11.4 Å². The van der Waals surface area contributed by atoms with Crippen LogP contribution < -0.4 is 5.32 Å². The van der Waals surface area contributed by atoms with E-state index < -0.39 is 0 Å². The highest BCUT2D eigenvalue weighted by Gasteiger charge is 2.29. The Morgan fingerprint density at radius 3 is 2.89 bits per heavy atom. The highest BCUT2D eigenvalue weighted by molar-refractivity contribution is 5.54. The van der Waals surface area contributed by atoms with Crippen molar-refractivity contribution in [3.63, 3.8) is 0 Å². The number of hydrogen-bond donors (Lipinski definition) is 1. The van der Waals surface area contributed by atoms with Crippen LogP contribution in [0, 0.1) is 11.7 Å². The van der Waals surface area contributed by atoms with Crippen molar-refractivity contribution in [3.8, 4) is 11.4 Å². The van der Waals surface area contributed by atoms with Gasteiger partial charge in [-0.15, -0.1) is 0 Å². The molecule has 0 spiro atoms. The van der Waals surface area contributed by atoms with E-state index in [1.807, 2.05) is 0 Å². The minimum Gasteiger partial charge on any atom is -0.339 e. The van der Waals surface area contributed by atoms with Gasteiger partial charge in [0.25, 0.3) is 0 Å². The SMILES string of the molecule is CC1CNCC1c1nc(-c2ccccc2F)no1. The first-order chi connectivity index (χ1) is 8.75. The summed E-state index contributed by atoms with van der Waals surface area (Å²) in [6.45, 7) is 3.92. The Labute approximate surface area is 104 Å². The van der Waals surface area contributed by atoms with Crippen molar-refractivity contribution in [2.75, 3.05) is 13.1 Å². The number of benzene rings is 1. The van der Waals surface area contributed by atoms with Crippen LogP contribution in [0.4, 0.5) is 4.39 Å². The van der Waals surface area contributed by atoms with Gasteiger partial charge in [0, 0.05) is 6.54 Å². The molecule has 3 rings (SSSR count). The second-order valence-corrected chi connectivity index (χ2v) is 4.68. The number of halogens is 1. The number of nitrogens with one attached hydrogen (secondary N) is 1. The van der Waals surface area contributed by atoms with Gasteiger partial charge in [-0.25, -0.2) is 4.39 Å². The zero-order valence-electron chi connectivity index (χ0n) is 10.1. The summed E-state index contributed by atoms with van der Waals surface area (Å²) in [4.78, 5) is 4.32. The van der Waals surface area contributed by atoms with Crippen molar-refractivity contribution in [1.82, 2.24) is 15.5 Å². The van der Waals surface area contributed by atoms with E-state index in [9.17, 15) is 4.39 Å². The Morgan fingerprint density at radius 2 is 2.17 bits per heavy atom. The monoisotopic (exact) mass is 247 g/mol. The fraction of sp³-hybridized carbons (Fsp3) is 0.385. The molecule has 0 amide bonds. The van der Waals surface area contributed by atoms with Crippen molar-refractivity contribution in [2.45, 2.75) is 12.8 Å². The van der Waals surface area contributed by atoms with Gasteiger partial charge in [0.05, 0.1) is 11.5 Å². The zero-order chi connectivity index (χ0) is 12.5. The molecule has 94 valence electrons. The highest BCUT2D eigenvalue weighted by Crippen LogP contribution is 2.28. The van der Waals surface area contributed by atoms with Crippen molar-refractivity contribution in [3.05, 3.63) is 36.0 Å². The molecule has 5 heteroatoms. The molecule has 0 aliphatic carbocycles. The lowest BCUT2D eigenvalue weighted by Crippen LogP contribution is -2.08. The second-order valence-electron chi connectivity index (χ2n) is 4.68. The van der Waals surface area contributed by atoms with Gasteiger partial charge in [0.2, 0.25) is 11.7 Å². The van der Waals surface area contributed by atoms with Crippen LogP contribution >= 0.6 is 0 Å². The summed E-state index contributed by atoms with van der Waals surface area (Å²) < 4.78 is 18.9. The molecular formula is C13H14FN3O. The van der Waals surface area contributed by atoms with E-state index in [2.05, 4.69) is 22.4 Å². The van der Waals surface area contributed by atoms with Gasteiger partial charge < -0.3 is 9.84 Å². The molecule has 1 fully saturated rings. The standard InChI is InChI=1S/C13H14FN3O/c1-8-6-15-7-10(8)13-16-12(17-18-13)9-4-2-3-5-11(9)14/h2-5,8,10,15H,6-7H2,1H3. The summed E-state index contributed by atoms with van der Waals surface area (Å²) in [5.41, 5.74) is 0.381. The van der Waals surface area contributed by atoms with E-state index in [0.29, 0.717) is 23.2 Å². The van der Waals surface area contributed by atoms with Gasteiger partial charge in [-0.2, -0.15) is 4.98 Å². The summed E-state index contributed by atoms with van der Waals surface area (Å²) in [6, 6.07) is 6.45. The van der Waals surface area contributed by atoms with Crippen LogP contribution in [-0.2, 0) is 0 Å². The fourth-order valence-electron chi connectivity index (χ4n) is 2.28. The van der Waals surface area contributed by atoms with Gasteiger partial charge in [0.15, 0.2) is 0 Å². The van der Waals surface area contributed by atoms with Crippen LogP contribution in [-0.4, -0.2) is 23.2 Å². The molecule has 2 heterocycles. The third-order valence-corrected chi connectivity index (χ3v) is 3.39. The summed E-state index contributed by atoms with van der Waals surface area (Å²) in [5, 5.41) is 7.15. The van der Waals surface area contributed by atoms with E-state index in [1.165, 1.54) is 6.07 Å². The number of nitrogens with zero attached hydrogens (tertiary/aromatic N) is 2. The van der Waals surface area contributed by atoms with Crippen molar-refractivity contribution in [1.29, 1.82) is 0 Å².